The highest BCUT2D eigenvalue weighted by molar-refractivity contribution is 5.78. The maximum Gasteiger partial charge on any atom is 0.260 e. The molecule has 1 fully saturated rings. The third kappa shape index (κ3) is 3.93. The van der Waals surface area contributed by atoms with Crippen LogP contribution in [0.2, 0.25) is 0 Å². The van der Waals surface area contributed by atoms with Gasteiger partial charge in [-0.1, -0.05) is 0 Å². The molecule has 1 aliphatic rings. The third-order valence-electron chi connectivity index (χ3n) is 3.49. The molecule has 1 heterocycles. The van der Waals surface area contributed by atoms with Crippen molar-refractivity contribution in [3.63, 3.8) is 0 Å². The summed E-state index contributed by atoms with van der Waals surface area (Å²) in [6, 6.07) is 5.69. The third-order valence-corrected chi connectivity index (χ3v) is 3.49. The molecule has 0 aromatic heterocycles. The van der Waals surface area contributed by atoms with Crippen molar-refractivity contribution in [1.29, 1.82) is 0 Å². The molecular weight excluding hydrogens is 261 g/mol. The molecule has 0 aliphatic carbocycles. The van der Waals surface area contributed by atoms with Gasteiger partial charge in [0.1, 0.15) is 11.6 Å². The van der Waals surface area contributed by atoms with Crippen LogP contribution in [0.1, 0.15) is 26.2 Å². The van der Waals surface area contributed by atoms with Gasteiger partial charge in [-0.15, -0.1) is 0 Å². The van der Waals surface area contributed by atoms with Crippen LogP contribution in [0.5, 0.6) is 5.75 Å². The van der Waals surface area contributed by atoms with Crippen molar-refractivity contribution in [2.24, 2.45) is 0 Å². The second-order valence-electron chi connectivity index (χ2n) is 5.21. The minimum absolute atomic E-state index is 0.0536. The number of amides is 1. The largest absolute Gasteiger partial charge is 0.484 e. The Morgan fingerprint density at radius 1 is 1.50 bits per heavy atom. The van der Waals surface area contributed by atoms with Gasteiger partial charge >= 0.3 is 0 Å². The summed E-state index contributed by atoms with van der Waals surface area (Å²) in [5, 5.41) is 9.44. The summed E-state index contributed by atoms with van der Waals surface area (Å²) in [6.45, 7) is 2.39. The molecule has 1 aromatic rings. The molecule has 2 unspecified atom stereocenters. The van der Waals surface area contributed by atoms with Crippen LogP contribution >= 0.6 is 0 Å². The highest BCUT2D eigenvalue weighted by Crippen LogP contribution is 2.22. The maximum atomic E-state index is 12.7. The van der Waals surface area contributed by atoms with E-state index in [0.29, 0.717) is 18.7 Å². The average Bonchev–Trinajstić information content (AvgIpc) is 2.85. The van der Waals surface area contributed by atoms with Crippen molar-refractivity contribution in [2.45, 2.75) is 38.3 Å². The van der Waals surface area contributed by atoms with E-state index in [1.807, 2.05) is 0 Å². The zero-order valence-electron chi connectivity index (χ0n) is 11.6. The molecule has 5 heteroatoms. The Hall–Kier alpha value is -1.62. The number of nitrogens with zero attached hydrogens (tertiary/aromatic N) is 1. The van der Waals surface area contributed by atoms with Crippen molar-refractivity contribution >= 4 is 5.91 Å². The summed E-state index contributed by atoms with van der Waals surface area (Å²) >= 11 is 0. The molecule has 1 aromatic carbocycles. The number of aliphatic hydroxyl groups excluding tert-OH is 1. The van der Waals surface area contributed by atoms with E-state index in [1.165, 1.54) is 24.3 Å². The summed E-state index contributed by atoms with van der Waals surface area (Å²) in [4.78, 5) is 13.9. The molecule has 0 saturated carbocycles. The number of halogens is 1. The lowest BCUT2D eigenvalue weighted by molar-refractivity contribution is -0.134. The van der Waals surface area contributed by atoms with Crippen LogP contribution in [0.15, 0.2) is 24.3 Å². The Morgan fingerprint density at radius 2 is 2.20 bits per heavy atom. The van der Waals surface area contributed by atoms with Gasteiger partial charge in [-0.3, -0.25) is 4.79 Å². The van der Waals surface area contributed by atoms with Crippen LogP contribution in [0.25, 0.3) is 0 Å². The number of hydrogen-bond donors (Lipinski definition) is 1. The van der Waals surface area contributed by atoms with E-state index in [0.717, 1.165) is 12.8 Å². The first-order valence-corrected chi connectivity index (χ1v) is 6.92. The van der Waals surface area contributed by atoms with Gasteiger partial charge in [0.2, 0.25) is 0 Å². The number of hydrogen-bond acceptors (Lipinski definition) is 3. The first-order chi connectivity index (χ1) is 9.56. The monoisotopic (exact) mass is 281 g/mol. The topological polar surface area (TPSA) is 49.8 Å². The number of rotatable bonds is 5. The second kappa shape index (κ2) is 6.70. The maximum absolute atomic E-state index is 12.7. The fraction of sp³-hybridized carbons (Fsp3) is 0.533. The van der Waals surface area contributed by atoms with Gasteiger partial charge in [0, 0.05) is 12.6 Å². The van der Waals surface area contributed by atoms with E-state index in [9.17, 15) is 14.3 Å². The number of benzene rings is 1. The predicted molar refractivity (Wildman–Crippen MR) is 72.9 cm³/mol. The van der Waals surface area contributed by atoms with E-state index in [2.05, 4.69) is 0 Å². The molecule has 0 bridgehead atoms. The summed E-state index contributed by atoms with van der Waals surface area (Å²) in [5.74, 6) is 0.0590. The van der Waals surface area contributed by atoms with Crippen molar-refractivity contribution < 1.29 is 19.0 Å². The Labute approximate surface area is 118 Å². The zero-order chi connectivity index (χ0) is 14.5. The highest BCUT2D eigenvalue weighted by Gasteiger charge is 2.29. The smallest absolute Gasteiger partial charge is 0.260 e. The molecule has 2 rings (SSSR count). The lowest BCUT2D eigenvalue weighted by Gasteiger charge is -2.25. The van der Waals surface area contributed by atoms with E-state index in [4.69, 9.17) is 4.74 Å². The van der Waals surface area contributed by atoms with Gasteiger partial charge in [-0.05, 0) is 50.5 Å². The molecule has 4 nitrogen and oxygen atoms in total. The van der Waals surface area contributed by atoms with E-state index in [-0.39, 0.29) is 24.4 Å². The van der Waals surface area contributed by atoms with E-state index in [1.54, 1.807) is 11.8 Å². The minimum Gasteiger partial charge on any atom is -0.484 e. The summed E-state index contributed by atoms with van der Waals surface area (Å²) < 4.78 is 18.1. The fourth-order valence-corrected chi connectivity index (χ4v) is 2.56. The number of carbonyl (C=O) groups excluding carboxylic acids is 1. The summed E-state index contributed by atoms with van der Waals surface area (Å²) in [6.07, 6.45) is 2.07. The van der Waals surface area contributed by atoms with Gasteiger partial charge < -0.3 is 14.7 Å². The van der Waals surface area contributed by atoms with Crippen molar-refractivity contribution in [1.82, 2.24) is 4.90 Å². The molecule has 2 atom stereocenters. The minimum atomic E-state index is -0.411. The molecule has 20 heavy (non-hydrogen) atoms. The standard InChI is InChI=1S/C15H20FNO3/c1-11(18)9-13-3-2-8-17(13)15(19)10-20-14-6-4-12(16)5-7-14/h4-7,11,13,18H,2-3,8-10H2,1H3. The summed E-state index contributed by atoms with van der Waals surface area (Å²) in [5.41, 5.74) is 0. The van der Waals surface area contributed by atoms with Gasteiger partial charge in [-0.25, -0.2) is 4.39 Å². The van der Waals surface area contributed by atoms with Crippen LogP contribution in [0.4, 0.5) is 4.39 Å². The first-order valence-electron chi connectivity index (χ1n) is 6.92. The number of aliphatic hydroxyl groups is 1. The quantitative estimate of drug-likeness (QED) is 0.897. The fourth-order valence-electron chi connectivity index (χ4n) is 2.56. The van der Waals surface area contributed by atoms with Crippen LogP contribution < -0.4 is 4.74 Å². The van der Waals surface area contributed by atoms with Crippen LogP contribution in [0.3, 0.4) is 0 Å². The van der Waals surface area contributed by atoms with E-state index < -0.39 is 6.10 Å². The Bertz CT molecular complexity index is 447. The molecule has 1 amide bonds. The van der Waals surface area contributed by atoms with Crippen LogP contribution in [-0.4, -0.2) is 41.2 Å². The molecule has 0 spiro atoms. The number of ether oxygens (including phenoxy) is 1. The van der Waals surface area contributed by atoms with Crippen molar-refractivity contribution in [3.05, 3.63) is 30.1 Å². The van der Waals surface area contributed by atoms with Gasteiger partial charge in [0.25, 0.3) is 5.91 Å². The highest BCUT2D eigenvalue weighted by atomic mass is 19.1. The molecule has 110 valence electrons. The van der Waals surface area contributed by atoms with Crippen LogP contribution in [0, 0.1) is 5.82 Å². The average molecular weight is 281 g/mol. The molecule has 0 radical (unpaired) electrons. The number of likely N-dealkylation sites (tertiary alicyclic amines) is 1. The Balaban J connectivity index is 1.86. The SMILES string of the molecule is CC(O)CC1CCCN1C(=O)COc1ccc(F)cc1. The number of carbonyl (C=O) groups is 1. The molecule has 1 saturated heterocycles. The Kier molecular flexibility index (Phi) is 4.95. The van der Waals surface area contributed by atoms with E-state index >= 15 is 0 Å². The summed E-state index contributed by atoms with van der Waals surface area (Å²) in [7, 11) is 0. The van der Waals surface area contributed by atoms with Crippen molar-refractivity contribution in [3.8, 4) is 5.75 Å². The normalized spacial score (nSPS) is 19.9. The lowest BCUT2D eigenvalue weighted by Crippen LogP contribution is -2.39. The lowest BCUT2D eigenvalue weighted by atomic mass is 10.1. The van der Waals surface area contributed by atoms with Gasteiger partial charge in [-0.2, -0.15) is 0 Å². The zero-order valence-corrected chi connectivity index (χ0v) is 11.6. The molecular formula is C15H20FNO3. The Morgan fingerprint density at radius 3 is 2.85 bits per heavy atom. The molecule has 1 N–H and O–H groups in total. The first kappa shape index (κ1) is 14.8. The molecule has 1 aliphatic heterocycles. The predicted octanol–water partition coefficient (Wildman–Crippen LogP) is 1.97. The van der Waals surface area contributed by atoms with Crippen molar-refractivity contribution in [2.75, 3.05) is 13.2 Å². The van der Waals surface area contributed by atoms with Gasteiger partial charge in [0.05, 0.1) is 6.10 Å². The van der Waals surface area contributed by atoms with Crippen LogP contribution in [-0.2, 0) is 4.79 Å². The van der Waals surface area contributed by atoms with Gasteiger partial charge in [0.15, 0.2) is 6.61 Å². The second-order valence-corrected chi connectivity index (χ2v) is 5.21.